The van der Waals surface area contributed by atoms with Gasteiger partial charge in [-0.15, -0.1) is 11.3 Å². The topological polar surface area (TPSA) is 68.1 Å². The standard InChI is InChI=1S/C14H15N3O2S/c1-15-11-3-2-4-12-13(11)16-14(20-12)9-5-7-10(8-6-9)17(18)19/h5-8,11,15H,2-4H2,1H3. The number of aromatic nitrogens is 1. The van der Waals surface area contributed by atoms with Gasteiger partial charge in [0.25, 0.3) is 5.69 Å². The molecular formula is C14H15N3O2S. The first-order chi connectivity index (χ1) is 9.69. The van der Waals surface area contributed by atoms with E-state index < -0.39 is 0 Å². The molecule has 1 N–H and O–H groups in total. The SMILES string of the molecule is CNC1CCCc2sc(-c3ccc([N+](=O)[O-])cc3)nc21. The highest BCUT2D eigenvalue weighted by molar-refractivity contribution is 7.15. The highest BCUT2D eigenvalue weighted by Gasteiger charge is 2.23. The zero-order valence-electron chi connectivity index (χ0n) is 11.1. The summed E-state index contributed by atoms with van der Waals surface area (Å²) in [7, 11) is 1.96. The summed E-state index contributed by atoms with van der Waals surface area (Å²) in [5, 5.41) is 14.9. The molecule has 0 radical (unpaired) electrons. The van der Waals surface area contributed by atoms with Crippen LogP contribution in [0.2, 0.25) is 0 Å². The summed E-state index contributed by atoms with van der Waals surface area (Å²) in [5.74, 6) is 0. The van der Waals surface area contributed by atoms with Crippen molar-refractivity contribution in [2.75, 3.05) is 7.05 Å². The number of aryl methyl sites for hydroxylation is 1. The molecule has 0 saturated heterocycles. The van der Waals surface area contributed by atoms with Crippen LogP contribution in [0.25, 0.3) is 10.6 Å². The predicted octanol–water partition coefficient (Wildman–Crippen LogP) is 3.32. The number of hydrogen-bond donors (Lipinski definition) is 1. The lowest BCUT2D eigenvalue weighted by atomic mass is 9.98. The first kappa shape index (κ1) is 13.2. The van der Waals surface area contributed by atoms with Crippen molar-refractivity contribution >= 4 is 17.0 Å². The molecule has 1 atom stereocenters. The van der Waals surface area contributed by atoms with E-state index in [9.17, 15) is 10.1 Å². The van der Waals surface area contributed by atoms with Gasteiger partial charge in [-0.1, -0.05) is 0 Å². The summed E-state index contributed by atoms with van der Waals surface area (Å²) in [5.41, 5.74) is 2.21. The van der Waals surface area contributed by atoms with Gasteiger partial charge in [-0.05, 0) is 38.4 Å². The summed E-state index contributed by atoms with van der Waals surface area (Å²) in [6.45, 7) is 0. The Balaban J connectivity index is 1.95. The molecule has 1 unspecified atom stereocenters. The van der Waals surface area contributed by atoms with Crippen molar-refractivity contribution in [3.8, 4) is 10.6 Å². The summed E-state index contributed by atoms with van der Waals surface area (Å²) in [6, 6.07) is 6.95. The maximum Gasteiger partial charge on any atom is 0.269 e. The fourth-order valence-electron chi connectivity index (χ4n) is 2.55. The number of nitro groups is 1. The second kappa shape index (κ2) is 5.30. The normalized spacial score (nSPS) is 17.8. The minimum atomic E-state index is -0.381. The average Bonchev–Trinajstić information content (AvgIpc) is 2.91. The van der Waals surface area contributed by atoms with Crippen molar-refractivity contribution in [2.24, 2.45) is 0 Å². The molecular weight excluding hydrogens is 274 g/mol. The lowest BCUT2D eigenvalue weighted by Gasteiger charge is -2.19. The van der Waals surface area contributed by atoms with Crippen LogP contribution in [0.1, 0.15) is 29.5 Å². The van der Waals surface area contributed by atoms with Crippen LogP contribution < -0.4 is 5.32 Å². The monoisotopic (exact) mass is 289 g/mol. The maximum absolute atomic E-state index is 10.7. The highest BCUT2D eigenvalue weighted by atomic mass is 32.1. The molecule has 20 heavy (non-hydrogen) atoms. The third-order valence-corrected chi connectivity index (χ3v) is 4.81. The smallest absolute Gasteiger partial charge is 0.269 e. The molecule has 0 aliphatic heterocycles. The summed E-state index contributed by atoms with van der Waals surface area (Å²) < 4.78 is 0. The van der Waals surface area contributed by atoms with Gasteiger partial charge in [-0.25, -0.2) is 4.98 Å². The molecule has 1 aliphatic rings. The summed E-state index contributed by atoms with van der Waals surface area (Å²) in [6.07, 6.45) is 3.38. The quantitative estimate of drug-likeness (QED) is 0.695. The van der Waals surface area contributed by atoms with E-state index in [0.717, 1.165) is 29.1 Å². The van der Waals surface area contributed by atoms with Gasteiger partial charge in [0.15, 0.2) is 0 Å². The van der Waals surface area contributed by atoms with Crippen LogP contribution in [-0.2, 0) is 6.42 Å². The Hall–Kier alpha value is -1.79. The number of fused-ring (bicyclic) bond motifs is 1. The molecule has 1 aliphatic carbocycles. The molecule has 104 valence electrons. The van der Waals surface area contributed by atoms with Gasteiger partial charge in [0.05, 0.1) is 16.7 Å². The summed E-state index contributed by atoms with van der Waals surface area (Å²) >= 11 is 1.70. The minimum Gasteiger partial charge on any atom is -0.312 e. The molecule has 0 saturated carbocycles. The largest absolute Gasteiger partial charge is 0.312 e. The second-order valence-electron chi connectivity index (χ2n) is 4.86. The molecule has 0 spiro atoms. The Kier molecular flexibility index (Phi) is 3.50. The zero-order valence-corrected chi connectivity index (χ0v) is 11.9. The number of nitrogens with zero attached hydrogens (tertiary/aromatic N) is 2. The van der Waals surface area contributed by atoms with E-state index in [1.807, 2.05) is 7.05 Å². The predicted molar refractivity (Wildman–Crippen MR) is 78.9 cm³/mol. The number of nitro benzene ring substituents is 1. The van der Waals surface area contributed by atoms with E-state index in [-0.39, 0.29) is 10.6 Å². The van der Waals surface area contributed by atoms with Gasteiger partial charge in [-0.3, -0.25) is 10.1 Å². The molecule has 3 rings (SSSR count). The van der Waals surface area contributed by atoms with Gasteiger partial charge < -0.3 is 5.32 Å². The van der Waals surface area contributed by atoms with Crippen LogP contribution in [0.5, 0.6) is 0 Å². The van der Waals surface area contributed by atoms with E-state index in [1.54, 1.807) is 23.5 Å². The molecule has 1 aromatic heterocycles. The van der Waals surface area contributed by atoms with Crippen LogP contribution in [0.3, 0.4) is 0 Å². The lowest BCUT2D eigenvalue weighted by molar-refractivity contribution is -0.384. The van der Waals surface area contributed by atoms with Crippen molar-refractivity contribution in [1.82, 2.24) is 10.3 Å². The van der Waals surface area contributed by atoms with Crippen LogP contribution in [0.4, 0.5) is 5.69 Å². The molecule has 0 fully saturated rings. The van der Waals surface area contributed by atoms with Gasteiger partial charge in [0.2, 0.25) is 0 Å². The van der Waals surface area contributed by atoms with Crippen molar-refractivity contribution < 1.29 is 4.92 Å². The van der Waals surface area contributed by atoms with Crippen molar-refractivity contribution in [1.29, 1.82) is 0 Å². The number of benzene rings is 1. The first-order valence-electron chi connectivity index (χ1n) is 6.60. The van der Waals surface area contributed by atoms with Crippen LogP contribution in [0.15, 0.2) is 24.3 Å². The molecule has 1 aromatic carbocycles. The average molecular weight is 289 g/mol. The van der Waals surface area contributed by atoms with Crippen LogP contribution >= 0.6 is 11.3 Å². The van der Waals surface area contributed by atoms with Crippen molar-refractivity contribution in [2.45, 2.75) is 25.3 Å². The Labute approximate surface area is 120 Å². The zero-order chi connectivity index (χ0) is 14.1. The van der Waals surface area contributed by atoms with E-state index in [4.69, 9.17) is 4.98 Å². The Morgan fingerprint density at radius 2 is 2.15 bits per heavy atom. The fourth-order valence-corrected chi connectivity index (χ4v) is 3.72. The first-order valence-corrected chi connectivity index (χ1v) is 7.42. The summed E-state index contributed by atoms with van der Waals surface area (Å²) in [4.78, 5) is 16.4. The lowest BCUT2D eigenvalue weighted by Crippen LogP contribution is -2.21. The molecule has 1 heterocycles. The highest BCUT2D eigenvalue weighted by Crippen LogP contribution is 2.37. The number of nitrogens with one attached hydrogen (secondary N) is 1. The molecule has 5 nitrogen and oxygen atoms in total. The molecule has 6 heteroatoms. The van der Waals surface area contributed by atoms with Gasteiger partial charge in [-0.2, -0.15) is 0 Å². The molecule has 0 amide bonds. The fraction of sp³-hybridized carbons (Fsp3) is 0.357. The van der Waals surface area contributed by atoms with Crippen LogP contribution in [-0.4, -0.2) is 17.0 Å². The van der Waals surface area contributed by atoms with E-state index in [0.29, 0.717) is 6.04 Å². The Bertz CT molecular complexity index is 636. The second-order valence-corrected chi connectivity index (χ2v) is 5.95. The van der Waals surface area contributed by atoms with Gasteiger partial charge in [0, 0.05) is 22.6 Å². The van der Waals surface area contributed by atoms with Gasteiger partial charge >= 0.3 is 0 Å². The van der Waals surface area contributed by atoms with Gasteiger partial charge in [0.1, 0.15) is 5.01 Å². The molecule has 0 bridgehead atoms. The third kappa shape index (κ3) is 2.32. The van der Waals surface area contributed by atoms with Crippen LogP contribution in [0, 0.1) is 10.1 Å². The van der Waals surface area contributed by atoms with E-state index in [1.165, 1.54) is 23.4 Å². The number of rotatable bonds is 3. The minimum absolute atomic E-state index is 0.114. The maximum atomic E-state index is 10.7. The Morgan fingerprint density at radius 3 is 2.80 bits per heavy atom. The number of hydrogen-bond acceptors (Lipinski definition) is 5. The third-order valence-electron chi connectivity index (χ3n) is 3.63. The Morgan fingerprint density at radius 1 is 1.40 bits per heavy atom. The molecule has 2 aromatic rings. The van der Waals surface area contributed by atoms with Crippen molar-refractivity contribution in [3.05, 3.63) is 45.0 Å². The number of thiazole rings is 1. The number of non-ortho nitro benzene ring substituents is 1. The van der Waals surface area contributed by atoms with E-state index in [2.05, 4.69) is 5.32 Å². The van der Waals surface area contributed by atoms with E-state index >= 15 is 0 Å². The van der Waals surface area contributed by atoms with Crippen molar-refractivity contribution in [3.63, 3.8) is 0 Å².